The van der Waals surface area contributed by atoms with Gasteiger partial charge in [-0.3, -0.25) is 9.59 Å². The van der Waals surface area contributed by atoms with Gasteiger partial charge < -0.3 is 19.3 Å². The Balaban J connectivity index is 1.71. The number of Topliss-reactive ketones (excluding diaryl/α,β-unsaturated/α-hetero) is 1. The fourth-order valence-corrected chi connectivity index (χ4v) is 4.41. The number of hydrogen-bond donors (Lipinski definition) is 1. The molecule has 1 aromatic heterocycles. The Labute approximate surface area is 212 Å². The van der Waals surface area contributed by atoms with Crippen LogP contribution in [0.3, 0.4) is 0 Å². The second-order valence-electron chi connectivity index (χ2n) is 8.07. The lowest BCUT2D eigenvalue weighted by Gasteiger charge is -2.25. The molecule has 1 atom stereocenters. The quantitative estimate of drug-likeness (QED) is 0.173. The lowest BCUT2D eigenvalue weighted by Crippen LogP contribution is -2.31. The van der Waals surface area contributed by atoms with E-state index in [2.05, 4.69) is 27.6 Å². The summed E-state index contributed by atoms with van der Waals surface area (Å²) >= 11 is 2.21. The van der Waals surface area contributed by atoms with E-state index in [4.69, 9.17) is 4.74 Å². The van der Waals surface area contributed by atoms with E-state index in [0.717, 1.165) is 15.6 Å². The molecule has 176 valence electrons. The Bertz CT molecular complexity index is 1190. The molecule has 0 saturated carbocycles. The third-order valence-corrected chi connectivity index (χ3v) is 6.40. The number of ketones is 1. The first-order chi connectivity index (χ1) is 16.5. The number of rotatable bonds is 9. The Morgan fingerprint density at radius 1 is 1.15 bits per heavy atom. The molecule has 1 aliphatic rings. The smallest absolute Gasteiger partial charge is 0.295 e. The molecule has 1 N–H and O–H groups in total. The van der Waals surface area contributed by atoms with Crippen LogP contribution < -0.4 is 4.74 Å². The summed E-state index contributed by atoms with van der Waals surface area (Å²) in [5.74, 6) is -0.870. The molecule has 0 bridgehead atoms. The summed E-state index contributed by atoms with van der Waals surface area (Å²) in [6.45, 7) is 3.60. The number of benzene rings is 2. The zero-order valence-corrected chi connectivity index (χ0v) is 21.0. The van der Waals surface area contributed by atoms with E-state index in [0.29, 0.717) is 37.4 Å². The molecule has 3 aromatic rings. The normalized spacial score (nSPS) is 17.4. The predicted molar refractivity (Wildman–Crippen MR) is 137 cm³/mol. The lowest BCUT2D eigenvalue weighted by atomic mass is 9.95. The van der Waals surface area contributed by atoms with Crippen LogP contribution in [0.2, 0.25) is 0 Å². The number of amides is 1. The van der Waals surface area contributed by atoms with E-state index >= 15 is 0 Å². The van der Waals surface area contributed by atoms with Gasteiger partial charge in [0.2, 0.25) is 0 Å². The van der Waals surface area contributed by atoms with Crippen LogP contribution in [0.5, 0.6) is 5.75 Å². The molecule has 0 radical (unpaired) electrons. The SMILES string of the molecule is CCCOc1cccc(C(O)=C2C(=O)C(=O)N(CCCn3ccnc3)C2c2ccc(I)cc2)c1. The standard InChI is InChI=1S/C26H26IN3O4/c1-2-15-34-21-6-3-5-19(16-21)24(31)22-23(18-7-9-20(27)10-8-18)30(26(33)25(22)32)13-4-12-29-14-11-28-17-29/h3,5-11,14,16-17,23,31H,2,4,12-13,15H2,1H3. The highest BCUT2D eigenvalue weighted by atomic mass is 127. The summed E-state index contributed by atoms with van der Waals surface area (Å²) in [6.07, 6.45) is 6.78. The van der Waals surface area contributed by atoms with Crippen molar-refractivity contribution in [2.45, 2.75) is 32.4 Å². The zero-order valence-electron chi connectivity index (χ0n) is 18.9. The average Bonchev–Trinajstić information content (AvgIpc) is 3.45. The van der Waals surface area contributed by atoms with Crippen LogP contribution >= 0.6 is 22.6 Å². The molecule has 8 heteroatoms. The van der Waals surface area contributed by atoms with Gasteiger partial charge in [0, 0.05) is 34.6 Å². The molecule has 7 nitrogen and oxygen atoms in total. The molecular formula is C26H26IN3O4. The van der Waals surface area contributed by atoms with E-state index < -0.39 is 17.7 Å². The molecular weight excluding hydrogens is 545 g/mol. The van der Waals surface area contributed by atoms with Gasteiger partial charge in [-0.05, 0) is 65.3 Å². The third kappa shape index (κ3) is 5.16. The number of halogens is 1. The number of imidazole rings is 1. The number of ether oxygens (including phenoxy) is 1. The predicted octanol–water partition coefficient (Wildman–Crippen LogP) is 4.79. The van der Waals surface area contributed by atoms with Gasteiger partial charge in [0.1, 0.15) is 11.5 Å². The molecule has 1 amide bonds. The van der Waals surface area contributed by atoms with E-state index in [1.807, 2.05) is 42.0 Å². The maximum Gasteiger partial charge on any atom is 0.295 e. The maximum absolute atomic E-state index is 13.2. The topological polar surface area (TPSA) is 84.7 Å². The van der Waals surface area contributed by atoms with Gasteiger partial charge in [-0.15, -0.1) is 0 Å². The number of aliphatic hydroxyl groups excluding tert-OH is 1. The molecule has 1 saturated heterocycles. The lowest BCUT2D eigenvalue weighted by molar-refractivity contribution is -0.139. The van der Waals surface area contributed by atoms with Crippen LogP contribution in [-0.4, -0.2) is 44.4 Å². The highest BCUT2D eigenvalue weighted by molar-refractivity contribution is 14.1. The Morgan fingerprint density at radius 2 is 1.94 bits per heavy atom. The van der Waals surface area contributed by atoms with Crippen LogP contribution in [0, 0.1) is 3.57 Å². The molecule has 2 heterocycles. The highest BCUT2D eigenvalue weighted by Crippen LogP contribution is 2.40. The van der Waals surface area contributed by atoms with Crippen molar-refractivity contribution in [3.05, 3.63) is 87.5 Å². The Morgan fingerprint density at radius 3 is 2.65 bits per heavy atom. The van der Waals surface area contributed by atoms with Gasteiger partial charge in [-0.1, -0.05) is 31.2 Å². The van der Waals surface area contributed by atoms with Crippen molar-refractivity contribution in [3.63, 3.8) is 0 Å². The molecule has 0 aliphatic carbocycles. The summed E-state index contributed by atoms with van der Waals surface area (Å²) in [5, 5.41) is 11.2. The molecule has 1 aliphatic heterocycles. The molecule has 4 rings (SSSR count). The number of nitrogens with zero attached hydrogens (tertiary/aromatic N) is 3. The van der Waals surface area contributed by atoms with Crippen molar-refractivity contribution in [1.29, 1.82) is 0 Å². The molecule has 1 unspecified atom stereocenters. The number of hydrogen-bond acceptors (Lipinski definition) is 5. The van der Waals surface area contributed by atoms with Gasteiger partial charge in [0.15, 0.2) is 0 Å². The van der Waals surface area contributed by atoms with Crippen molar-refractivity contribution in [3.8, 4) is 5.75 Å². The molecule has 2 aromatic carbocycles. The van der Waals surface area contributed by atoms with E-state index in [9.17, 15) is 14.7 Å². The first-order valence-electron chi connectivity index (χ1n) is 11.2. The maximum atomic E-state index is 13.2. The van der Waals surface area contributed by atoms with Crippen molar-refractivity contribution in [2.75, 3.05) is 13.2 Å². The highest BCUT2D eigenvalue weighted by Gasteiger charge is 2.45. The minimum Gasteiger partial charge on any atom is -0.507 e. The van der Waals surface area contributed by atoms with Crippen molar-refractivity contribution < 1.29 is 19.4 Å². The van der Waals surface area contributed by atoms with E-state index in [-0.39, 0.29) is 11.3 Å². The largest absolute Gasteiger partial charge is 0.507 e. The fraction of sp³-hybridized carbons (Fsp3) is 0.269. The van der Waals surface area contributed by atoms with Gasteiger partial charge >= 0.3 is 0 Å². The van der Waals surface area contributed by atoms with E-state index in [1.54, 1.807) is 41.7 Å². The summed E-state index contributed by atoms with van der Waals surface area (Å²) in [5.41, 5.74) is 1.32. The number of carbonyl (C=O) groups is 2. The fourth-order valence-electron chi connectivity index (χ4n) is 4.05. The Kier molecular flexibility index (Phi) is 7.66. The van der Waals surface area contributed by atoms with Crippen LogP contribution in [0.1, 0.15) is 36.9 Å². The minimum absolute atomic E-state index is 0.0986. The number of aliphatic hydroxyl groups is 1. The second kappa shape index (κ2) is 10.9. The van der Waals surface area contributed by atoms with Gasteiger partial charge in [-0.2, -0.15) is 0 Å². The summed E-state index contributed by atoms with van der Waals surface area (Å²) < 4.78 is 8.66. The second-order valence-corrected chi connectivity index (χ2v) is 9.32. The molecule has 0 spiro atoms. The molecule has 1 fully saturated rings. The average molecular weight is 571 g/mol. The minimum atomic E-state index is -0.677. The van der Waals surface area contributed by atoms with Gasteiger partial charge in [0.25, 0.3) is 11.7 Å². The first kappa shape index (κ1) is 24.0. The van der Waals surface area contributed by atoms with Crippen molar-refractivity contribution in [1.82, 2.24) is 14.5 Å². The number of aromatic nitrogens is 2. The van der Waals surface area contributed by atoms with Gasteiger partial charge in [-0.25, -0.2) is 4.98 Å². The number of aryl methyl sites for hydroxylation is 1. The van der Waals surface area contributed by atoms with Crippen LogP contribution in [0.25, 0.3) is 5.76 Å². The zero-order chi connectivity index (χ0) is 24.1. The van der Waals surface area contributed by atoms with Crippen molar-refractivity contribution in [2.24, 2.45) is 0 Å². The summed E-state index contributed by atoms with van der Waals surface area (Å²) in [7, 11) is 0. The third-order valence-electron chi connectivity index (χ3n) is 5.68. The van der Waals surface area contributed by atoms with Crippen LogP contribution in [0.15, 0.2) is 72.8 Å². The van der Waals surface area contributed by atoms with Crippen LogP contribution in [0.4, 0.5) is 0 Å². The summed E-state index contributed by atoms with van der Waals surface area (Å²) in [4.78, 5) is 31.9. The monoisotopic (exact) mass is 571 g/mol. The van der Waals surface area contributed by atoms with Crippen LogP contribution in [-0.2, 0) is 16.1 Å². The Hall–Kier alpha value is -3.14. The molecule has 34 heavy (non-hydrogen) atoms. The van der Waals surface area contributed by atoms with Gasteiger partial charge in [0.05, 0.1) is 24.5 Å². The summed E-state index contributed by atoms with van der Waals surface area (Å²) in [6, 6.07) is 14.0. The van der Waals surface area contributed by atoms with Crippen molar-refractivity contribution >= 4 is 40.0 Å². The van der Waals surface area contributed by atoms with E-state index in [1.165, 1.54) is 0 Å². The number of likely N-dealkylation sites (tertiary alicyclic amines) is 1. The number of carbonyl (C=O) groups excluding carboxylic acids is 2. The first-order valence-corrected chi connectivity index (χ1v) is 12.3.